The zero-order valence-electron chi connectivity index (χ0n) is 13.9. The molecule has 0 radical (unpaired) electrons. The molecule has 0 bridgehead atoms. The number of benzene rings is 2. The van der Waals surface area contributed by atoms with Gasteiger partial charge in [-0.25, -0.2) is 4.57 Å². The normalized spacial score (nSPS) is 12.7. The highest BCUT2D eigenvalue weighted by Crippen LogP contribution is 2.51. The van der Waals surface area contributed by atoms with E-state index in [-0.39, 0.29) is 6.61 Å². The number of fused-ring (bicyclic) bond motifs is 1. The molecule has 0 unspecified atom stereocenters. The lowest BCUT2D eigenvalue weighted by molar-refractivity contribution is 0.146. The topological polar surface area (TPSA) is 80.3 Å². The van der Waals surface area contributed by atoms with Crippen LogP contribution in [0.25, 0.3) is 10.8 Å². The Hall–Kier alpha value is -1.04. The monoisotopic (exact) mass is 374 g/mol. The van der Waals surface area contributed by atoms with Crippen molar-refractivity contribution in [2.45, 2.75) is 6.61 Å². The van der Waals surface area contributed by atoms with Gasteiger partial charge in [-0.1, -0.05) is 36.4 Å². The van der Waals surface area contributed by atoms with Crippen LogP contribution >= 0.6 is 15.4 Å². The van der Waals surface area contributed by atoms with Crippen molar-refractivity contribution in [2.24, 2.45) is 0 Å². The molecule has 0 aliphatic heterocycles. The molecule has 0 saturated carbocycles. The molecule has 0 amide bonds. The van der Waals surface area contributed by atoms with Crippen LogP contribution in [0.5, 0.6) is 0 Å². The van der Waals surface area contributed by atoms with Gasteiger partial charge in [0, 0.05) is 28.4 Å². The number of hydrogen-bond acceptors (Lipinski definition) is 7. The van der Waals surface area contributed by atoms with Crippen LogP contribution in [0.15, 0.2) is 36.4 Å². The fourth-order valence-corrected chi connectivity index (χ4v) is 4.49. The van der Waals surface area contributed by atoms with Gasteiger partial charge in [0.05, 0.1) is 11.9 Å². The second-order valence-electron chi connectivity index (χ2n) is 4.74. The first-order chi connectivity index (χ1) is 11.4. The van der Waals surface area contributed by atoms with Gasteiger partial charge in [-0.2, -0.15) is 0 Å². The minimum atomic E-state index is -3.67. The van der Waals surface area contributed by atoms with E-state index in [1.807, 2.05) is 30.3 Å². The van der Waals surface area contributed by atoms with Crippen LogP contribution in [0.2, 0.25) is 0 Å². The Labute approximate surface area is 141 Å². The van der Waals surface area contributed by atoms with Crippen molar-refractivity contribution in [1.29, 1.82) is 0 Å². The summed E-state index contributed by atoms with van der Waals surface area (Å²) in [5, 5.41) is 1.94. The van der Waals surface area contributed by atoms with Gasteiger partial charge in [0.15, 0.2) is 0 Å². The predicted molar refractivity (Wildman–Crippen MR) is 91.6 cm³/mol. The van der Waals surface area contributed by atoms with Gasteiger partial charge in [-0.15, -0.1) is 0 Å². The molecule has 0 fully saturated rings. The highest BCUT2D eigenvalue weighted by Gasteiger charge is 2.31. The largest absolute Gasteiger partial charge is 0.474 e. The zero-order valence-corrected chi connectivity index (χ0v) is 15.7. The van der Waals surface area contributed by atoms with Crippen LogP contribution in [-0.2, 0) is 38.4 Å². The van der Waals surface area contributed by atoms with Crippen LogP contribution in [0.3, 0.4) is 0 Å². The lowest BCUT2D eigenvalue weighted by Crippen LogP contribution is -2.16. The summed E-state index contributed by atoms with van der Waals surface area (Å²) in [6, 6.07) is 11.0. The molecule has 0 aliphatic carbocycles. The molecule has 0 N–H and O–H groups in total. The maximum atomic E-state index is 13.0. The fourth-order valence-electron chi connectivity index (χ4n) is 2.33. The van der Waals surface area contributed by atoms with Gasteiger partial charge >= 0.3 is 15.4 Å². The molecule has 0 saturated heterocycles. The Balaban J connectivity index is 2.58. The van der Waals surface area contributed by atoms with E-state index >= 15 is 0 Å². The van der Waals surface area contributed by atoms with Crippen LogP contribution in [0, 0.1) is 0 Å². The molecule has 2 aromatic rings. The summed E-state index contributed by atoms with van der Waals surface area (Å²) in [5.74, 6) is 0. The van der Waals surface area contributed by atoms with E-state index < -0.39 is 15.4 Å². The predicted octanol–water partition coefficient (Wildman–Crippen LogP) is 3.87. The van der Waals surface area contributed by atoms with Crippen LogP contribution in [0.4, 0.5) is 0 Å². The summed E-state index contributed by atoms with van der Waals surface area (Å²) in [4.78, 5) is 0. The minimum Gasteiger partial charge on any atom is -0.309 e. The number of hydrogen-bond donors (Lipinski definition) is 0. The summed E-state index contributed by atoms with van der Waals surface area (Å²) in [7, 11) is -2.17. The summed E-state index contributed by atoms with van der Waals surface area (Å²) in [6.07, 6.45) is 0. The van der Waals surface area contributed by atoms with Crippen molar-refractivity contribution in [2.75, 3.05) is 28.4 Å². The molecule has 0 aliphatic rings. The third-order valence-electron chi connectivity index (χ3n) is 3.56. The molecule has 9 heteroatoms. The van der Waals surface area contributed by atoms with Crippen molar-refractivity contribution in [3.8, 4) is 0 Å². The van der Waals surface area contributed by atoms with Crippen LogP contribution in [-0.4, -0.2) is 28.4 Å². The summed E-state index contributed by atoms with van der Waals surface area (Å²) >= 11 is 0. The molecule has 0 atom stereocenters. The first-order valence-electron chi connectivity index (χ1n) is 7.01. The Morgan fingerprint density at radius 1 is 0.833 bits per heavy atom. The van der Waals surface area contributed by atoms with E-state index in [1.54, 1.807) is 6.07 Å². The van der Waals surface area contributed by atoms with E-state index in [2.05, 4.69) is 0 Å². The van der Waals surface area contributed by atoms with Crippen molar-refractivity contribution >= 4 is 31.5 Å². The van der Waals surface area contributed by atoms with Gasteiger partial charge in [0.25, 0.3) is 0 Å². The van der Waals surface area contributed by atoms with Crippen LogP contribution < -0.4 is 5.30 Å². The SMILES string of the molecule is COP(=O)(OC)OCc1ccc2ccccc2c1P(=O)(OC)OC. The highest BCUT2D eigenvalue weighted by molar-refractivity contribution is 7.62. The van der Waals surface area contributed by atoms with Gasteiger partial charge in [-0.3, -0.25) is 18.1 Å². The molecule has 2 rings (SSSR count). The van der Waals surface area contributed by atoms with E-state index in [9.17, 15) is 9.13 Å². The maximum Gasteiger partial charge on any atom is 0.474 e. The lowest BCUT2D eigenvalue weighted by Gasteiger charge is -2.21. The standard InChI is InChI=1S/C15H20O7P2/c1-18-23(16,19-2)15-13(11-22-24(17,20-3)21-4)10-9-12-7-5-6-8-14(12)15/h5-10H,11H2,1-4H3. The van der Waals surface area contributed by atoms with Gasteiger partial charge in [0.1, 0.15) is 0 Å². The molecule has 0 aromatic heterocycles. The molecule has 0 spiro atoms. The van der Waals surface area contributed by atoms with E-state index in [0.29, 0.717) is 16.3 Å². The summed E-state index contributed by atoms with van der Waals surface area (Å²) < 4.78 is 50.2. The third-order valence-corrected chi connectivity index (χ3v) is 6.94. The summed E-state index contributed by atoms with van der Waals surface area (Å²) in [6.45, 7) is -0.143. The fraction of sp³-hybridized carbons (Fsp3) is 0.333. The van der Waals surface area contributed by atoms with E-state index in [1.165, 1.54) is 28.4 Å². The van der Waals surface area contributed by atoms with E-state index in [4.69, 9.17) is 22.6 Å². The Bertz CT molecular complexity index is 790. The Morgan fingerprint density at radius 3 is 2.04 bits per heavy atom. The first-order valence-corrected chi connectivity index (χ1v) is 10.0. The second kappa shape index (κ2) is 7.89. The molecule has 7 nitrogen and oxygen atoms in total. The van der Waals surface area contributed by atoms with Gasteiger partial charge in [-0.05, 0) is 16.3 Å². The Kier molecular flexibility index (Phi) is 6.34. The summed E-state index contributed by atoms with van der Waals surface area (Å²) in [5.41, 5.74) is 0.509. The van der Waals surface area contributed by atoms with Crippen molar-refractivity contribution < 1.29 is 31.7 Å². The van der Waals surface area contributed by atoms with E-state index in [0.717, 1.165) is 5.39 Å². The molecular formula is C15H20O7P2. The zero-order chi connectivity index (χ0) is 17.8. The number of phosphoric acid groups is 1. The molecule has 2 aromatic carbocycles. The lowest BCUT2D eigenvalue weighted by atomic mass is 10.1. The molecule has 132 valence electrons. The first kappa shape index (κ1) is 19.3. The Morgan fingerprint density at radius 2 is 1.46 bits per heavy atom. The molecular weight excluding hydrogens is 354 g/mol. The second-order valence-corrected chi connectivity index (χ2v) is 8.80. The maximum absolute atomic E-state index is 13.0. The van der Waals surface area contributed by atoms with Gasteiger partial charge in [0.2, 0.25) is 0 Å². The average molecular weight is 374 g/mol. The van der Waals surface area contributed by atoms with Gasteiger partial charge < -0.3 is 9.05 Å². The molecule has 24 heavy (non-hydrogen) atoms. The average Bonchev–Trinajstić information content (AvgIpc) is 2.64. The van der Waals surface area contributed by atoms with Crippen molar-refractivity contribution in [3.05, 3.63) is 42.0 Å². The van der Waals surface area contributed by atoms with Crippen molar-refractivity contribution in [3.63, 3.8) is 0 Å². The van der Waals surface area contributed by atoms with Crippen molar-refractivity contribution in [1.82, 2.24) is 0 Å². The third kappa shape index (κ3) is 3.79. The van der Waals surface area contributed by atoms with Crippen LogP contribution in [0.1, 0.15) is 5.56 Å². The highest BCUT2D eigenvalue weighted by atomic mass is 31.2. The number of rotatable bonds is 8. The quantitative estimate of drug-likeness (QED) is 0.649. The molecule has 0 heterocycles. The smallest absolute Gasteiger partial charge is 0.309 e. The number of phosphoric ester groups is 1. The minimum absolute atomic E-state index is 0.143.